The summed E-state index contributed by atoms with van der Waals surface area (Å²) in [6.07, 6.45) is 0. The van der Waals surface area contributed by atoms with Gasteiger partial charge in [-0.3, -0.25) is 19.3 Å². The van der Waals surface area contributed by atoms with Crippen LogP contribution in [0.1, 0.15) is 33.3 Å². The summed E-state index contributed by atoms with van der Waals surface area (Å²) in [5.41, 5.74) is -0.452. The number of sulfonamides is 1. The van der Waals surface area contributed by atoms with Gasteiger partial charge in [-0.2, -0.15) is 0 Å². The lowest BCUT2D eigenvalue weighted by molar-refractivity contribution is -0.132. The maximum absolute atomic E-state index is 13.7. The molecule has 1 N–H and O–H groups in total. The Labute approximate surface area is 226 Å². The quantitative estimate of drug-likeness (QED) is 0.408. The summed E-state index contributed by atoms with van der Waals surface area (Å²) in [5, 5.41) is 0. The zero-order chi connectivity index (χ0) is 28.2. The molecule has 0 radical (unpaired) electrons. The van der Waals surface area contributed by atoms with E-state index in [1.54, 1.807) is 20.8 Å². The van der Waals surface area contributed by atoms with E-state index < -0.39 is 59.5 Å². The number of nitrogens with zero attached hydrogens (tertiary/aromatic N) is 2. The van der Waals surface area contributed by atoms with E-state index >= 15 is 0 Å². The number of anilines is 1. The van der Waals surface area contributed by atoms with Crippen LogP contribution in [-0.4, -0.2) is 55.6 Å². The number of hydrogen-bond acceptors (Lipinski definition) is 7. The predicted octanol–water partition coefficient (Wildman–Crippen LogP) is 3.65. The van der Waals surface area contributed by atoms with E-state index in [0.717, 1.165) is 6.07 Å². The van der Waals surface area contributed by atoms with E-state index in [2.05, 4.69) is 9.71 Å². The zero-order valence-electron chi connectivity index (χ0n) is 21.1. The van der Waals surface area contributed by atoms with E-state index in [-0.39, 0.29) is 34.3 Å². The Kier molecular flexibility index (Phi) is 7.21. The lowest BCUT2D eigenvalue weighted by Crippen LogP contribution is -2.44. The first-order chi connectivity index (χ1) is 17.6. The van der Waals surface area contributed by atoms with Gasteiger partial charge in [-0.1, -0.05) is 44.5 Å². The number of likely N-dealkylation sites (tertiary alicyclic amines) is 1. The molecule has 0 aromatic heterocycles. The van der Waals surface area contributed by atoms with E-state index in [4.69, 9.17) is 11.6 Å². The van der Waals surface area contributed by atoms with E-state index in [1.807, 2.05) is 0 Å². The Morgan fingerprint density at radius 1 is 1.11 bits per heavy atom. The number of carbonyl (C=O) groups excluding carboxylic acids is 2. The van der Waals surface area contributed by atoms with Crippen molar-refractivity contribution in [3.8, 4) is 0 Å². The van der Waals surface area contributed by atoms with Crippen molar-refractivity contribution in [2.45, 2.75) is 49.9 Å². The van der Waals surface area contributed by atoms with Gasteiger partial charge in [0.05, 0.1) is 28.1 Å². The molecule has 0 bridgehead atoms. The number of rotatable bonds is 6. The second kappa shape index (κ2) is 9.73. The minimum atomic E-state index is -4.34. The fraction of sp³-hybridized carbons (Fsp3) is 0.400. The summed E-state index contributed by atoms with van der Waals surface area (Å²) in [7, 11) is -8.01. The highest BCUT2D eigenvalue weighted by Crippen LogP contribution is 2.42. The van der Waals surface area contributed by atoms with E-state index in [9.17, 15) is 30.8 Å². The molecule has 2 aromatic carbocycles. The van der Waals surface area contributed by atoms with Crippen LogP contribution < -0.4 is 4.72 Å². The Bertz CT molecular complexity index is 1550. The Morgan fingerprint density at radius 2 is 1.74 bits per heavy atom. The number of fused-ring (bicyclic) bond motifs is 1. The number of ketones is 1. The van der Waals surface area contributed by atoms with Gasteiger partial charge < -0.3 is 4.90 Å². The minimum absolute atomic E-state index is 0.00773. The predicted molar refractivity (Wildman–Crippen MR) is 142 cm³/mol. The molecule has 1 saturated heterocycles. The van der Waals surface area contributed by atoms with Gasteiger partial charge in [-0.15, -0.1) is 0 Å². The Morgan fingerprint density at radius 3 is 2.32 bits per heavy atom. The van der Waals surface area contributed by atoms with Gasteiger partial charge in [0.25, 0.3) is 0 Å². The number of benzene rings is 2. The van der Waals surface area contributed by atoms with Gasteiger partial charge in [0.2, 0.25) is 25.8 Å². The number of aliphatic imine (C=N–C) groups is 1. The van der Waals surface area contributed by atoms with Crippen molar-refractivity contribution >= 4 is 60.2 Å². The number of amides is 1. The summed E-state index contributed by atoms with van der Waals surface area (Å²) in [6.45, 7) is 6.80. The van der Waals surface area contributed by atoms with Crippen LogP contribution in [0.4, 0.5) is 15.8 Å². The first-order valence-electron chi connectivity index (χ1n) is 11.8. The van der Waals surface area contributed by atoms with Crippen LogP contribution in [-0.2, 0) is 36.0 Å². The van der Waals surface area contributed by atoms with Gasteiger partial charge >= 0.3 is 0 Å². The Hall–Kier alpha value is -2.83. The molecule has 204 valence electrons. The van der Waals surface area contributed by atoms with Gasteiger partial charge in [-0.05, 0) is 48.2 Å². The third-order valence-corrected chi connectivity index (χ3v) is 10.4. The van der Waals surface area contributed by atoms with E-state index in [1.165, 1.54) is 48.2 Å². The SMILES string of the molecule is CCS(=O)(=O)Nc1ccc2c(c1)S(=O)(=O)C(Cl)C(C1C(=O)[C@H](C(C)(C)C)N(Cc3ccc(F)cc3)C1=O)=N2. The fourth-order valence-electron chi connectivity index (χ4n) is 4.65. The van der Waals surface area contributed by atoms with Crippen molar-refractivity contribution in [1.29, 1.82) is 0 Å². The molecule has 38 heavy (non-hydrogen) atoms. The molecule has 4 rings (SSSR count). The average Bonchev–Trinajstić information content (AvgIpc) is 3.07. The number of carbonyl (C=O) groups is 2. The molecule has 0 aliphatic carbocycles. The van der Waals surface area contributed by atoms with Gasteiger partial charge in [0.15, 0.2) is 10.5 Å². The largest absolute Gasteiger partial charge is 0.327 e. The average molecular weight is 584 g/mol. The molecule has 2 aliphatic heterocycles. The van der Waals surface area contributed by atoms with Gasteiger partial charge in [0, 0.05) is 12.2 Å². The molecule has 0 saturated carbocycles. The zero-order valence-corrected chi connectivity index (χ0v) is 23.5. The maximum atomic E-state index is 13.7. The van der Waals surface area contributed by atoms with Crippen LogP contribution in [0.3, 0.4) is 0 Å². The van der Waals surface area contributed by atoms with Gasteiger partial charge in [-0.25, -0.2) is 21.2 Å². The van der Waals surface area contributed by atoms with E-state index in [0.29, 0.717) is 5.56 Å². The van der Waals surface area contributed by atoms with Gasteiger partial charge in [0.1, 0.15) is 11.7 Å². The lowest BCUT2D eigenvalue weighted by atomic mass is 9.82. The molecule has 2 aromatic rings. The van der Waals surface area contributed by atoms with Crippen molar-refractivity contribution < 1.29 is 30.8 Å². The molecule has 13 heteroatoms. The van der Waals surface area contributed by atoms with Crippen LogP contribution in [0.15, 0.2) is 52.4 Å². The number of Topliss-reactive ketones (excluding diaryl/α,β-unsaturated/α-hetero) is 1. The van der Waals surface area contributed by atoms with Crippen LogP contribution in [0.5, 0.6) is 0 Å². The smallest absolute Gasteiger partial charge is 0.240 e. The lowest BCUT2D eigenvalue weighted by Gasteiger charge is -2.33. The summed E-state index contributed by atoms with van der Waals surface area (Å²) < 4.78 is 64.5. The first kappa shape index (κ1) is 28.2. The number of sulfone groups is 1. The summed E-state index contributed by atoms with van der Waals surface area (Å²) in [5.74, 6) is -3.36. The molecular weight excluding hydrogens is 557 g/mol. The topological polar surface area (TPSA) is 130 Å². The van der Waals surface area contributed by atoms with Crippen molar-refractivity contribution in [1.82, 2.24) is 4.90 Å². The second-order valence-electron chi connectivity index (χ2n) is 10.3. The molecule has 9 nitrogen and oxygen atoms in total. The standard InChI is InChI=1S/C25H27ClFN3O6S2/c1-5-37(33,34)29-16-10-11-17-18(12-16)38(35,36)23(26)20(28-17)19-21(31)22(25(2,3)4)30(24(19)32)13-14-6-8-15(27)9-7-14/h6-12,19,22-23,29H,5,13H2,1-4H3/t19?,22-,23?/m1/s1. The second-order valence-corrected chi connectivity index (χ2v) is 15.0. The number of alkyl halides is 1. The molecular formula is C25H27ClFN3O6S2. The molecule has 3 atom stereocenters. The highest BCUT2D eigenvalue weighted by atomic mass is 35.5. The first-order valence-corrected chi connectivity index (χ1v) is 15.4. The monoisotopic (exact) mass is 583 g/mol. The molecule has 0 spiro atoms. The van der Waals surface area contributed by atoms with Crippen molar-refractivity contribution in [3.63, 3.8) is 0 Å². The highest BCUT2D eigenvalue weighted by Gasteiger charge is 2.56. The number of halogens is 2. The fourth-order valence-corrected chi connectivity index (χ4v) is 7.17. The third kappa shape index (κ3) is 5.08. The summed E-state index contributed by atoms with van der Waals surface area (Å²) in [4.78, 5) is 32.8. The number of nitrogens with one attached hydrogen (secondary N) is 1. The molecule has 1 amide bonds. The minimum Gasteiger partial charge on any atom is -0.327 e. The summed E-state index contributed by atoms with van der Waals surface area (Å²) >= 11 is 6.39. The molecule has 2 unspecified atom stereocenters. The van der Waals surface area contributed by atoms with Crippen LogP contribution in [0.2, 0.25) is 0 Å². The maximum Gasteiger partial charge on any atom is 0.240 e. The molecule has 1 fully saturated rings. The van der Waals surface area contributed by atoms with Crippen molar-refractivity contribution in [2.75, 3.05) is 10.5 Å². The van der Waals surface area contributed by atoms with Crippen LogP contribution >= 0.6 is 11.6 Å². The number of hydrogen-bond donors (Lipinski definition) is 1. The highest BCUT2D eigenvalue weighted by molar-refractivity contribution is 7.94. The van der Waals surface area contributed by atoms with Crippen LogP contribution in [0.25, 0.3) is 0 Å². The van der Waals surface area contributed by atoms with Crippen molar-refractivity contribution in [3.05, 3.63) is 53.8 Å². The van der Waals surface area contributed by atoms with Crippen molar-refractivity contribution in [2.24, 2.45) is 16.3 Å². The summed E-state index contributed by atoms with van der Waals surface area (Å²) in [6, 6.07) is 8.36. The van der Waals surface area contributed by atoms with Crippen LogP contribution in [0, 0.1) is 17.2 Å². The molecule has 2 heterocycles. The Balaban J connectivity index is 1.78. The normalized spacial score (nSPS) is 23.3. The molecule has 2 aliphatic rings. The third-order valence-electron chi connectivity index (χ3n) is 6.45.